The largest absolute Gasteiger partial charge is 0.481 e. The van der Waals surface area contributed by atoms with Gasteiger partial charge in [0.05, 0.1) is 35.1 Å². The van der Waals surface area contributed by atoms with E-state index in [0.29, 0.717) is 42.5 Å². The third-order valence-corrected chi connectivity index (χ3v) is 8.41. The zero-order valence-electron chi connectivity index (χ0n) is 23.5. The Labute approximate surface area is 249 Å². The summed E-state index contributed by atoms with van der Waals surface area (Å²) >= 11 is 6.19. The second kappa shape index (κ2) is 12.8. The molecule has 1 aliphatic carbocycles. The monoisotopic (exact) mass is 635 g/mol. The van der Waals surface area contributed by atoms with Crippen LogP contribution >= 0.6 is 11.6 Å². The van der Waals surface area contributed by atoms with Crippen LogP contribution in [0.25, 0.3) is 0 Å². The van der Waals surface area contributed by atoms with Crippen LogP contribution in [-0.4, -0.2) is 46.2 Å². The number of alkyl halides is 6. The molecule has 1 aliphatic heterocycles. The van der Waals surface area contributed by atoms with Crippen LogP contribution in [0.3, 0.4) is 0 Å². The van der Waals surface area contributed by atoms with E-state index in [0.717, 1.165) is 25.7 Å². The first kappa shape index (κ1) is 32.7. The fourth-order valence-electron chi connectivity index (χ4n) is 5.91. The topological polar surface area (TPSA) is 83.0 Å². The average Bonchev–Trinajstić information content (AvgIpc) is 3.20. The highest BCUT2D eigenvalue weighted by molar-refractivity contribution is 6.29. The van der Waals surface area contributed by atoms with Gasteiger partial charge in [0.1, 0.15) is 11.3 Å². The number of hydrogen-bond donors (Lipinski definition) is 1. The molecule has 1 N–H and O–H groups in total. The number of carboxylic acid groups (broad SMARTS) is 1. The van der Waals surface area contributed by atoms with Crippen LogP contribution in [0.1, 0.15) is 74.4 Å². The molecule has 43 heavy (non-hydrogen) atoms. The first-order valence-corrected chi connectivity index (χ1v) is 14.3. The van der Waals surface area contributed by atoms with Crippen molar-refractivity contribution in [2.75, 3.05) is 18.0 Å². The molecule has 2 atom stereocenters. The summed E-state index contributed by atoms with van der Waals surface area (Å²) in [6, 6.07) is 3.60. The smallest absolute Gasteiger partial charge is 0.416 e. The number of amides is 1. The highest BCUT2D eigenvalue weighted by Gasteiger charge is 2.43. The fourth-order valence-corrected chi connectivity index (χ4v) is 6.08. The van der Waals surface area contributed by atoms with E-state index in [1.165, 1.54) is 11.8 Å². The summed E-state index contributed by atoms with van der Waals surface area (Å²) in [5.74, 6) is -0.352. The Morgan fingerprint density at radius 3 is 2.16 bits per heavy atom. The molecule has 0 bridgehead atoms. The molecule has 14 heteroatoms. The predicted octanol–water partition coefficient (Wildman–Crippen LogP) is 7.96. The van der Waals surface area contributed by atoms with Crippen LogP contribution in [-0.2, 0) is 28.4 Å². The molecule has 1 aromatic carbocycles. The number of carbonyl (C=O) groups is 2. The van der Waals surface area contributed by atoms with Gasteiger partial charge in [-0.05, 0) is 87.3 Å². The Hall–Kier alpha value is -3.22. The van der Waals surface area contributed by atoms with Gasteiger partial charge >= 0.3 is 24.4 Å². The number of anilines is 1. The Bertz CT molecular complexity index is 1300. The second-order valence-corrected chi connectivity index (χ2v) is 11.5. The number of halogens is 7. The van der Waals surface area contributed by atoms with Crippen LogP contribution in [0, 0.1) is 11.8 Å². The molecule has 2 heterocycles. The number of rotatable bonds is 9. The summed E-state index contributed by atoms with van der Waals surface area (Å²) in [5, 5.41) is 9.23. The maximum Gasteiger partial charge on any atom is 0.416 e. The van der Waals surface area contributed by atoms with Crippen molar-refractivity contribution in [3.05, 3.63) is 57.9 Å². The van der Waals surface area contributed by atoms with E-state index in [-0.39, 0.29) is 30.1 Å². The van der Waals surface area contributed by atoms with Crippen LogP contribution < -0.4 is 4.90 Å². The molecule has 4 rings (SSSR count). The molecule has 1 amide bonds. The van der Waals surface area contributed by atoms with Gasteiger partial charge in [-0.25, -0.2) is 9.78 Å². The summed E-state index contributed by atoms with van der Waals surface area (Å²) in [4.78, 5) is 31.7. The summed E-state index contributed by atoms with van der Waals surface area (Å²) in [6.07, 6.45) is -8.89. The van der Waals surface area contributed by atoms with E-state index < -0.39 is 53.3 Å². The van der Waals surface area contributed by atoms with Gasteiger partial charge in [0, 0.05) is 19.5 Å². The molecular weight excluding hydrogens is 604 g/mol. The predicted molar refractivity (Wildman–Crippen MR) is 146 cm³/mol. The lowest BCUT2D eigenvalue weighted by molar-refractivity contribution is -0.143. The Balaban J connectivity index is 1.56. The third-order valence-electron chi connectivity index (χ3n) is 8.20. The number of pyridine rings is 1. The molecular formula is C29H32ClF6N3O4. The van der Waals surface area contributed by atoms with E-state index in [4.69, 9.17) is 21.4 Å². The number of nitrogens with zero attached hydrogens (tertiary/aromatic N) is 3. The normalized spacial score (nSPS) is 22.9. The van der Waals surface area contributed by atoms with E-state index in [1.807, 2.05) is 6.92 Å². The molecule has 1 saturated heterocycles. The van der Waals surface area contributed by atoms with Crippen molar-refractivity contribution < 1.29 is 45.8 Å². The Morgan fingerprint density at radius 2 is 1.63 bits per heavy atom. The number of carboxylic acids is 1. The van der Waals surface area contributed by atoms with Crippen LogP contribution in [0.15, 0.2) is 30.3 Å². The highest BCUT2D eigenvalue weighted by Crippen LogP contribution is 2.41. The van der Waals surface area contributed by atoms with E-state index in [1.54, 1.807) is 12.1 Å². The van der Waals surface area contributed by atoms with Crippen LogP contribution in [0.5, 0.6) is 0 Å². The molecule has 2 aliphatic rings. The molecule has 7 nitrogen and oxygen atoms in total. The molecule has 2 fully saturated rings. The van der Waals surface area contributed by atoms with Gasteiger partial charge in [-0.3, -0.25) is 9.69 Å². The van der Waals surface area contributed by atoms with Crippen molar-refractivity contribution >= 4 is 29.4 Å². The fraction of sp³-hybridized carbons (Fsp3) is 0.552. The van der Waals surface area contributed by atoms with E-state index in [9.17, 15) is 35.9 Å². The maximum absolute atomic E-state index is 13.5. The summed E-state index contributed by atoms with van der Waals surface area (Å²) < 4.78 is 86.1. The zero-order chi connectivity index (χ0) is 31.7. The lowest BCUT2D eigenvalue weighted by Gasteiger charge is -2.34. The number of ether oxygens (including phenoxy) is 1. The molecule has 0 unspecified atom stereocenters. The number of cyclic esters (lactones) is 1. The summed E-state index contributed by atoms with van der Waals surface area (Å²) in [7, 11) is 0. The summed E-state index contributed by atoms with van der Waals surface area (Å²) in [6.45, 7) is 4.53. The quantitative estimate of drug-likeness (QED) is 0.222. The number of carbonyl (C=O) groups excluding carboxylic acids is 1. The van der Waals surface area contributed by atoms with Gasteiger partial charge < -0.3 is 14.7 Å². The van der Waals surface area contributed by atoms with Crippen molar-refractivity contribution in [1.29, 1.82) is 0 Å². The molecule has 2 aromatic rings. The van der Waals surface area contributed by atoms with E-state index in [2.05, 4.69) is 9.88 Å². The molecule has 1 saturated carbocycles. The minimum Gasteiger partial charge on any atom is -0.481 e. The Kier molecular flexibility index (Phi) is 9.72. The van der Waals surface area contributed by atoms with Gasteiger partial charge in [0.2, 0.25) is 0 Å². The zero-order valence-corrected chi connectivity index (χ0v) is 24.3. The number of aromatic nitrogens is 1. The number of hydrogen-bond acceptors (Lipinski definition) is 5. The van der Waals surface area contributed by atoms with Gasteiger partial charge in [-0.2, -0.15) is 26.3 Å². The van der Waals surface area contributed by atoms with Crippen molar-refractivity contribution in [2.45, 2.75) is 77.0 Å². The van der Waals surface area contributed by atoms with Gasteiger partial charge in [0.15, 0.2) is 0 Å². The molecule has 236 valence electrons. The van der Waals surface area contributed by atoms with Crippen LogP contribution in [0.4, 0.5) is 36.8 Å². The lowest BCUT2D eigenvalue weighted by Crippen LogP contribution is -2.35. The molecule has 0 radical (unpaired) electrons. The minimum atomic E-state index is -5.04. The first-order chi connectivity index (χ1) is 20.1. The number of benzene rings is 1. The third kappa shape index (κ3) is 7.84. The average molecular weight is 636 g/mol. The maximum atomic E-state index is 13.5. The number of aliphatic carboxylic acids is 1. The van der Waals surface area contributed by atoms with Crippen molar-refractivity contribution in [3.8, 4) is 0 Å². The van der Waals surface area contributed by atoms with Crippen molar-refractivity contribution in [3.63, 3.8) is 0 Å². The van der Waals surface area contributed by atoms with E-state index >= 15 is 0 Å². The lowest BCUT2D eigenvalue weighted by atomic mass is 9.80. The van der Waals surface area contributed by atoms with Crippen molar-refractivity contribution in [1.82, 2.24) is 9.88 Å². The highest BCUT2D eigenvalue weighted by atomic mass is 35.5. The van der Waals surface area contributed by atoms with Crippen LogP contribution in [0.2, 0.25) is 5.15 Å². The second-order valence-electron chi connectivity index (χ2n) is 11.1. The Morgan fingerprint density at radius 1 is 1.05 bits per heavy atom. The standard InChI is InChI=1S/C29H32ClF6N3O4/c1-3-38(14-18-6-4-17(5-7-18)10-25(40)41)23-8-9-24(30)37-22(23)15-39-16(2)26(43-27(39)42)19-11-20(28(31,32)33)13-21(12-19)29(34,35)36/h8-9,11-13,16-18,26H,3-7,10,14-15H2,1-2H3,(H,40,41)/t16-,17-,18-,26-/m0/s1. The van der Waals surface area contributed by atoms with Gasteiger partial charge in [-0.1, -0.05) is 11.6 Å². The van der Waals surface area contributed by atoms with Crippen molar-refractivity contribution in [2.24, 2.45) is 11.8 Å². The minimum absolute atomic E-state index is 0.0306. The van der Waals surface area contributed by atoms with Gasteiger partial charge in [-0.15, -0.1) is 0 Å². The SMILES string of the molecule is CCN(C[C@H]1CC[C@H](CC(=O)O)CC1)c1ccc(Cl)nc1CN1C(=O)O[C@H](c2cc(C(F)(F)F)cc(C(F)(F)F)c2)[C@@H]1C. The van der Waals surface area contributed by atoms with Gasteiger partial charge in [0.25, 0.3) is 0 Å². The summed E-state index contributed by atoms with van der Waals surface area (Å²) in [5.41, 5.74) is -2.32. The first-order valence-electron chi connectivity index (χ1n) is 14.0. The molecule has 1 aromatic heterocycles. The molecule has 0 spiro atoms.